The van der Waals surface area contributed by atoms with Crippen molar-refractivity contribution < 1.29 is 4.79 Å². The molecule has 0 saturated carbocycles. The van der Waals surface area contributed by atoms with E-state index in [2.05, 4.69) is 41.5 Å². The van der Waals surface area contributed by atoms with E-state index in [9.17, 15) is 4.79 Å². The Labute approximate surface area is 176 Å². The van der Waals surface area contributed by atoms with E-state index < -0.39 is 0 Å². The SMILES string of the molecule is CNC1CCN(C(=O)c2ccc3c(-c4cc5ncn(C)c5cc4C)cccn23)CC1. The largest absolute Gasteiger partial charge is 0.337 e. The third-order valence-electron chi connectivity index (χ3n) is 6.46. The molecule has 1 N–H and O–H groups in total. The highest BCUT2D eigenvalue weighted by Crippen LogP contribution is 2.32. The van der Waals surface area contributed by atoms with E-state index in [1.54, 1.807) is 0 Å². The van der Waals surface area contributed by atoms with Crippen LogP contribution in [-0.2, 0) is 7.05 Å². The minimum Gasteiger partial charge on any atom is -0.337 e. The van der Waals surface area contributed by atoms with E-state index in [1.165, 1.54) is 5.56 Å². The van der Waals surface area contributed by atoms with Crippen LogP contribution in [0.25, 0.3) is 27.7 Å². The number of nitrogens with one attached hydrogen (secondary N) is 1. The zero-order chi connectivity index (χ0) is 20.8. The molecule has 1 fully saturated rings. The van der Waals surface area contributed by atoms with Gasteiger partial charge in [-0.1, -0.05) is 6.07 Å². The van der Waals surface area contributed by atoms with Crippen molar-refractivity contribution >= 4 is 22.5 Å². The van der Waals surface area contributed by atoms with Gasteiger partial charge in [0.1, 0.15) is 5.69 Å². The lowest BCUT2D eigenvalue weighted by atomic mass is 9.99. The van der Waals surface area contributed by atoms with Gasteiger partial charge in [-0.2, -0.15) is 0 Å². The van der Waals surface area contributed by atoms with Gasteiger partial charge in [0, 0.05) is 37.9 Å². The van der Waals surface area contributed by atoms with E-state index in [4.69, 9.17) is 0 Å². The average Bonchev–Trinajstić information content (AvgIpc) is 3.36. The van der Waals surface area contributed by atoms with Gasteiger partial charge >= 0.3 is 0 Å². The fourth-order valence-corrected chi connectivity index (χ4v) is 4.64. The number of hydrogen-bond acceptors (Lipinski definition) is 3. The first-order valence-corrected chi connectivity index (χ1v) is 10.6. The molecule has 6 heteroatoms. The molecule has 4 aromatic rings. The zero-order valence-electron chi connectivity index (χ0n) is 17.7. The molecule has 4 heterocycles. The second-order valence-corrected chi connectivity index (χ2v) is 8.26. The summed E-state index contributed by atoms with van der Waals surface area (Å²) in [6.07, 6.45) is 5.83. The third kappa shape index (κ3) is 2.99. The molecule has 154 valence electrons. The first-order chi connectivity index (χ1) is 14.6. The van der Waals surface area contributed by atoms with E-state index in [-0.39, 0.29) is 5.91 Å². The Kier molecular flexibility index (Phi) is 4.59. The van der Waals surface area contributed by atoms with E-state index in [0.717, 1.165) is 59.3 Å². The van der Waals surface area contributed by atoms with Crippen LogP contribution in [0.1, 0.15) is 28.9 Å². The number of rotatable bonds is 3. The number of fused-ring (bicyclic) bond motifs is 2. The number of imidazole rings is 1. The van der Waals surface area contributed by atoms with Crippen LogP contribution in [0.5, 0.6) is 0 Å². The fourth-order valence-electron chi connectivity index (χ4n) is 4.64. The van der Waals surface area contributed by atoms with Gasteiger partial charge in [-0.3, -0.25) is 4.79 Å². The normalized spacial score (nSPS) is 15.4. The van der Waals surface area contributed by atoms with Crippen LogP contribution in [0.4, 0.5) is 0 Å². The first kappa shape index (κ1) is 18.9. The molecule has 0 bridgehead atoms. The quantitative estimate of drug-likeness (QED) is 0.570. The van der Waals surface area contributed by atoms with E-state index in [1.807, 2.05) is 52.6 Å². The molecule has 0 spiro atoms. The Morgan fingerprint density at radius 3 is 2.67 bits per heavy atom. The summed E-state index contributed by atoms with van der Waals surface area (Å²) in [6.45, 7) is 3.73. The molecular weight excluding hydrogens is 374 g/mol. The maximum Gasteiger partial charge on any atom is 0.270 e. The summed E-state index contributed by atoms with van der Waals surface area (Å²) in [5, 5.41) is 3.32. The van der Waals surface area contributed by atoms with Gasteiger partial charge < -0.3 is 19.2 Å². The number of piperidine rings is 1. The minimum absolute atomic E-state index is 0.110. The number of likely N-dealkylation sites (tertiary alicyclic amines) is 1. The van der Waals surface area contributed by atoms with E-state index in [0.29, 0.717) is 6.04 Å². The van der Waals surface area contributed by atoms with Gasteiger partial charge in [-0.25, -0.2) is 4.98 Å². The van der Waals surface area contributed by atoms with Crippen LogP contribution in [-0.4, -0.2) is 50.9 Å². The molecule has 0 atom stereocenters. The lowest BCUT2D eigenvalue weighted by Crippen LogP contribution is -2.44. The van der Waals surface area contributed by atoms with Gasteiger partial charge in [0.15, 0.2) is 0 Å². The number of carbonyl (C=O) groups excluding carboxylic acids is 1. The number of amides is 1. The highest BCUT2D eigenvalue weighted by Gasteiger charge is 2.25. The second kappa shape index (κ2) is 7.29. The van der Waals surface area contributed by atoms with Crippen molar-refractivity contribution in [2.24, 2.45) is 7.05 Å². The number of benzene rings is 1. The second-order valence-electron chi connectivity index (χ2n) is 8.26. The summed E-state index contributed by atoms with van der Waals surface area (Å²) >= 11 is 0. The smallest absolute Gasteiger partial charge is 0.270 e. The highest BCUT2D eigenvalue weighted by molar-refractivity contribution is 5.96. The molecule has 3 aromatic heterocycles. The molecule has 5 rings (SSSR count). The van der Waals surface area contributed by atoms with Crippen LogP contribution in [0.2, 0.25) is 0 Å². The maximum atomic E-state index is 13.2. The van der Waals surface area contributed by atoms with Gasteiger partial charge in [0.25, 0.3) is 5.91 Å². The molecule has 0 aliphatic carbocycles. The summed E-state index contributed by atoms with van der Waals surface area (Å²) in [6, 6.07) is 13.0. The molecular formula is C24H27N5O. The standard InChI is InChI=1S/C24H27N5O/c1-16-13-23-20(26-15-27(23)3)14-19(16)18-5-4-10-29-21(18)6-7-22(29)24(30)28-11-8-17(25-2)9-12-28/h4-7,10,13-15,17,25H,8-9,11-12H2,1-3H3. The molecule has 1 aliphatic rings. The average molecular weight is 402 g/mol. The van der Waals surface area contributed by atoms with Crippen molar-refractivity contribution in [3.05, 3.63) is 60.2 Å². The Morgan fingerprint density at radius 2 is 1.90 bits per heavy atom. The van der Waals surface area contributed by atoms with Gasteiger partial charge in [0.05, 0.1) is 22.9 Å². The Morgan fingerprint density at radius 1 is 1.10 bits per heavy atom. The van der Waals surface area contributed by atoms with Crippen molar-refractivity contribution in [2.45, 2.75) is 25.8 Å². The van der Waals surface area contributed by atoms with Crippen molar-refractivity contribution in [2.75, 3.05) is 20.1 Å². The topological polar surface area (TPSA) is 54.6 Å². The van der Waals surface area contributed by atoms with Crippen LogP contribution in [0.3, 0.4) is 0 Å². The highest BCUT2D eigenvalue weighted by atomic mass is 16.2. The maximum absolute atomic E-state index is 13.2. The third-order valence-corrected chi connectivity index (χ3v) is 6.46. The number of hydrogen-bond donors (Lipinski definition) is 1. The van der Waals surface area contributed by atoms with Gasteiger partial charge in [0.2, 0.25) is 0 Å². The van der Waals surface area contributed by atoms with Gasteiger partial charge in [-0.15, -0.1) is 0 Å². The molecule has 1 aliphatic heterocycles. The zero-order valence-corrected chi connectivity index (χ0v) is 17.7. The molecule has 6 nitrogen and oxygen atoms in total. The number of nitrogens with zero attached hydrogens (tertiary/aromatic N) is 4. The predicted octanol–water partition coefficient (Wildman–Crippen LogP) is 3.63. The molecule has 1 saturated heterocycles. The summed E-state index contributed by atoms with van der Waals surface area (Å²) < 4.78 is 4.07. The van der Waals surface area contributed by atoms with Crippen LogP contribution < -0.4 is 5.32 Å². The van der Waals surface area contributed by atoms with Crippen molar-refractivity contribution in [3.63, 3.8) is 0 Å². The first-order valence-electron chi connectivity index (χ1n) is 10.6. The lowest BCUT2D eigenvalue weighted by molar-refractivity contribution is 0.0700. The summed E-state index contributed by atoms with van der Waals surface area (Å²) in [5.74, 6) is 0.110. The lowest BCUT2D eigenvalue weighted by Gasteiger charge is -2.31. The van der Waals surface area contributed by atoms with Crippen LogP contribution in [0.15, 0.2) is 48.9 Å². The minimum atomic E-state index is 0.110. The Hall–Kier alpha value is -3.12. The predicted molar refractivity (Wildman–Crippen MR) is 120 cm³/mol. The molecule has 0 radical (unpaired) electrons. The van der Waals surface area contributed by atoms with Crippen molar-refractivity contribution in [1.82, 2.24) is 24.2 Å². The molecule has 30 heavy (non-hydrogen) atoms. The van der Waals surface area contributed by atoms with Crippen molar-refractivity contribution in [1.29, 1.82) is 0 Å². The number of pyridine rings is 1. The van der Waals surface area contributed by atoms with Crippen LogP contribution in [0, 0.1) is 6.92 Å². The monoisotopic (exact) mass is 401 g/mol. The molecule has 1 aromatic carbocycles. The Balaban J connectivity index is 1.54. The number of aryl methyl sites for hydroxylation is 2. The molecule has 1 amide bonds. The van der Waals surface area contributed by atoms with Gasteiger partial charge in [-0.05, 0) is 68.3 Å². The van der Waals surface area contributed by atoms with Crippen molar-refractivity contribution in [3.8, 4) is 11.1 Å². The molecule has 0 unspecified atom stereocenters. The number of aromatic nitrogens is 3. The summed E-state index contributed by atoms with van der Waals surface area (Å²) in [5.41, 5.74) is 7.35. The van der Waals surface area contributed by atoms with E-state index >= 15 is 0 Å². The number of carbonyl (C=O) groups is 1. The fraction of sp³-hybridized carbons (Fsp3) is 0.333. The Bertz CT molecular complexity index is 1240. The summed E-state index contributed by atoms with van der Waals surface area (Å²) in [7, 11) is 4.01. The summed E-state index contributed by atoms with van der Waals surface area (Å²) in [4.78, 5) is 19.7. The van der Waals surface area contributed by atoms with Crippen LogP contribution >= 0.6 is 0 Å².